The van der Waals surface area contributed by atoms with Crippen LogP contribution in [0.4, 0.5) is 11.5 Å². The van der Waals surface area contributed by atoms with E-state index in [1.165, 1.54) is 12.3 Å². The highest BCUT2D eigenvalue weighted by Crippen LogP contribution is 2.32. The number of pyridine rings is 1. The van der Waals surface area contributed by atoms with Crippen molar-refractivity contribution in [3.05, 3.63) is 27.9 Å². The first kappa shape index (κ1) is 15.0. The van der Waals surface area contributed by atoms with Gasteiger partial charge in [0.25, 0.3) is 0 Å². The third kappa shape index (κ3) is 3.04. The van der Waals surface area contributed by atoms with Crippen LogP contribution in [0.5, 0.6) is 0 Å². The molecule has 1 aromatic rings. The number of amidine groups is 1. The summed E-state index contributed by atoms with van der Waals surface area (Å²) < 4.78 is 0. The lowest BCUT2D eigenvalue weighted by molar-refractivity contribution is -0.384. The van der Waals surface area contributed by atoms with Crippen LogP contribution in [0.15, 0.2) is 17.4 Å². The average molecular weight is 293 g/mol. The number of nitro groups is 1. The van der Waals surface area contributed by atoms with Gasteiger partial charge in [-0.3, -0.25) is 10.1 Å². The van der Waals surface area contributed by atoms with Gasteiger partial charge in [-0.1, -0.05) is 12.1 Å². The lowest BCUT2D eigenvalue weighted by Gasteiger charge is -2.37. The molecule has 0 radical (unpaired) electrons. The van der Waals surface area contributed by atoms with Gasteiger partial charge in [0.1, 0.15) is 0 Å². The van der Waals surface area contributed by atoms with Gasteiger partial charge in [-0.25, -0.2) is 4.98 Å². The van der Waals surface area contributed by atoms with Crippen LogP contribution in [0.25, 0.3) is 0 Å². The predicted octanol–water partition coefficient (Wildman–Crippen LogP) is 1.71. The van der Waals surface area contributed by atoms with Gasteiger partial charge in [0, 0.05) is 30.4 Å². The van der Waals surface area contributed by atoms with E-state index < -0.39 is 4.92 Å². The number of hydrogen-bond acceptors (Lipinski definition) is 6. The molecule has 2 atom stereocenters. The van der Waals surface area contributed by atoms with Gasteiger partial charge in [-0.15, -0.1) is 0 Å². The maximum atomic E-state index is 11.3. The first-order valence-corrected chi connectivity index (χ1v) is 6.83. The maximum Gasteiger partial charge on any atom is 0.312 e. The molecule has 1 aliphatic rings. The molecule has 114 valence electrons. The van der Waals surface area contributed by atoms with Crippen molar-refractivity contribution in [3.8, 4) is 0 Å². The molecule has 2 unspecified atom stereocenters. The Morgan fingerprint density at radius 1 is 1.62 bits per heavy atom. The Morgan fingerprint density at radius 2 is 2.33 bits per heavy atom. The summed E-state index contributed by atoms with van der Waals surface area (Å²) in [7, 11) is 0. The molecule has 0 aromatic carbocycles. The number of nitrogens with zero attached hydrogens (tertiary/aromatic N) is 4. The zero-order valence-corrected chi connectivity index (χ0v) is 12.1. The van der Waals surface area contributed by atoms with Crippen molar-refractivity contribution in [1.82, 2.24) is 4.98 Å². The Morgan fingerprint density at radius 3 is 2.90 bits per heavy atom. The van der Waals surface area contributed by atoms with E-state index in [9.17, 15) is 10.1 Å². The van der Waals surface area contributed by atoms with E-state index in [4.69, 9.17) is 10.9 Å². The smallest absolute Gasteiger partial charge is 0.312 e. The highest BCUT2D eigenvalue weighted by atomic mass is 16.6. The zero-order valence-electron chi connectivity index (χ0n) is 12.1. The minimum absolute atomic E-state index is 0.125. The molecule has 0 bridgehead atoms. The van der Waals surface area contributed by atoms with Gasteiger partial charge in [0.05, 0.1) is 4.92 Å². The van der Waals surface area contributed by atoms with E-state index >= 15 is 0 Å². The predicted molar refractivity (Wildman–Crippen MR) is 78.6 cm³/mol. The van der Waals surface area contributed by atoms with Gasteiger partial charge in [-0.05, 0) is 25.7 Å². The summed E-state index contributed by atoms with van der Waals surface area (Å²) in [5.74, 6) is 0.748. The number of rotatable bonds is 3. The second kappa shape index (κ2) is 5.94. The summed E-state index contributed by atoms with van der Waals surface area (Å²) >= 11 is 0. The van der Waals surface area contributed by atoms with Gasteiger partial charge in [-0.2, -0.15) is 0 Å². The number of oxime groups is 1. The molecule has 3 N–H and O–H groups in total. The number of nitrogens with two attached hydrogens (primary N) is 1. The lowest BCUT2D eigenvalue weighted by atomic mass is 9.93. The van der Waals surface area contributed by atoms with Crippen molar-refractivity contribution >= 4 is 17.3 Å². The zero-order chi connectivity index (χ0) is 15.6. The van der Waals surface area contributed by atoms with Crippen LogP contribution in [-0.2, 0) is 0 Å². The molecule has 1 aromatic heterocycles. The Kier molecular flexibility index (Phi) is 4.25. The fraction of sp³-hybridized carbons (Fsp3) is 0.538. The topological polar surface area (TPSA) is 118 Å². The highest BCUT2D eigenvalue weighted by molar-refractivity contribution is 5.97. The van der Waals surface area contributed by atoms with Crippen molar-refractivity contribution in [3.63, 3.8) is 0 Å². The number of anilines is 1. The summed E-state index contributed by atoms with van der Waals surface area (Å²) in [6, 6.07) is 1.48. The first-order chi connectivity index (χ1) is 9.93. The van der Waals surface area contributed by atoms with Gasteiger partial charge < -0.3 is 15.8 Å². The third-order valence-electron chi connectivity index (χ3n) is 3.86. The lowest BCUT2D eigenvalue weighted by Crippen LogP contribution is -2.41. The molecule has 0 saturated carbocycles. The van der Waals surface area contributed by atoms with Crippen molar-refractivity contribution in [2.45, 2.75) is 32.7 Å². The Bertz CT molecular complexity index is 575. The third-order valence-corrected chi connectivity index (χ3v) is 3.86. The van der Waals surface area contributed by atoms with Crippen LogP contribution in [0.2, 0.25) is 0 Å². The molecule has 8 nitrogen and oxygen atoms in total. The average Bonchev–Trinajstić information content (AvgIpc) is 2.46. The quantitative estimate of drug-likeness (QED) is 0.288. The van der Waals surface area contributed by atoms with Crippen molar-refractivity contribution < 1.29 is 10.1 Å². The van der Waals surface area contributed by atoms with E-state index in [2.05, 4.69) is 17.1 Å². The van der Waals surface area contributed by atoms with Crippen LogP contribution in [0.1, 0.15) is 32.3 Å². The number of piperidine rings is 1. The molecular formula is C13H19N5O3. The number of aromatic nitrogens is 1. The molecule has 0 aliphatic carbocycles. The molecular weight excluding hydrogens is 274 g/mol. The van der Waals surface area contributed by atoms with E-state index in [0.29, 0.717) is 11.7 Å². The van der Waals surface area contributed by atoms with Crippen molar-refractivity contribution in [2.75, 3.05) is 11.4 Å². The van der Waals surface area contributed by atoms with Crippen molar-refractivity contribution in [2.24, 2.45) is 16.8 Å². The maximum absolute atomic E-state index is 11.3. The van der Waals surface area contributed by atoms with Crippen LogP contribution in [-0.4, -0.2) is 33.5 Å². The number of hydrogen-bond donors (Lipinski definition) is 2. The Labute approximate surface area is 122 Å². The SMILES string of the molecule is CC1CCN(c2ncc(C(N)=NO)cc2[N+](=O)[O-])C(C)C1. The summed E-state index contributed by atoms with van der Waals surface area (Å²) in [5, 5.41) is 22.8. The highest BCUT2D eigenvalue weighted by Gasteiger charge is 2.29. The van der Waals surface area contributed by atoms with Crippen LogP contribution in [0, 0.1) is 16.0 Å². The van der Waals surface area contributed by atoms with Crippen LogP contribution in [0.3, 0.4) is 0 Å². The summed E-state index contributed by atoms with van der Waals surface area (Å²) in [6.45, 7) is 4.95. The van der Waals surface area contributed by atoms with Crippen molar-refractivity contribution in [1.29, 1.82) is 0 Å². The first-order valence-electron chi connectivity index (χ1n) is 6.83. The van der Waals surface area contributed by atoms with E-state index in [-0.39, 0.29) is 23.1 Å². The molecule has 2 heterocycles. The molecule has 2 rings (SSSR count). The van der Waals surface area contributed by atoms with Gasteiger partial charge in [0.2, 0.25) is 5.82 Å². The minimum atomic E-state index is -0.485. The van der Waals surface area contributed by atoms with Gasteiger partial charge >= 0.3 is 5.69 Å². The fourth-order valence-corrected chi connectivity index (χ4v) is 2.72. The molecule has 21 heavy (non-hydrogen) atoms. The van der Waals surface area contributed by atoms with Gasteiger partial charge in [0.15, 0.2) is 5.84 Å². The molecule has 1 fully saturated rings. The summed E-state index contributed by atoms with van der Waals surface area (Å²) in [4.78, 5) is 16.9. The standard InChI is InChI=1S/C13H19N5O3/c1-8-3-4-17(9(2)5-8)13-11(18(20)21)6-10(7-15-13)12(14)16-19/h6-9,19H,3-5H2,1-2H3,(H2,14,16). The second-order valence-corrected chi connectivity index (χ2v) is 5.48. The van der Waals surface area contributed by atoms with E-state index in [1.807, 2.05) is 11.8 Å². The molecule has 1 aliphatic heterocycles. The molecule has 0 spiro atoms. The van der Waals surface area contributed by atoms with Crippen LogP contribution >= 0.6 is 0 Å². The molecule has 8 heteroatoms. The van der Waals surface area contributed by atoms with E-state index in [1.54, 1.807) is 0 Å². The largest absolute Gasteiger partial charge is 0.409 e. The summed E-state index contributed by atoms with van der Waals surface area (Å²) in [5.41, 5.74) is 5.56. The minimum Gasteiger partial charge on any atom is -0.409 e. The van der Waals surface area contributed by atoms with E-state index in [0.717, 1.165) is 19.4 Å². The molecule has 1 saturated heterocycles. The van der Waals surface area contributed by atoms with Crippen LogP contribution < -0.4 is 10.6 Å². The normalized spacial score (nSPS) is 23.1. The fourth-order valence-electron chi connectivity index (χ4n) is 2.72. The summed E-state index contributed by atoms with van der Waals surface area (Å²) in [6.07, 6.45) is 3.34. The Balaban J connectivity index is 2.41. The monoisotopic (exact) mass is 293 g/mol. The Hall–Kier alpha value is -2.38. The second-order valence-electron chi connectivity index (χ2n) is 5.48. The molecule has 0 amide bonds.